The summed E-state index contributed by atoms with van der Waals surface area (Å²) in [6.45, 7) is 0. The van der Waals surface area contributed by atoms with Gasteiger partial charge in [0.1, 0.15) is 0 Å². The first kappa shape index (κ1) is 34.2. The smallest absolute Gasteiger partial charge is 0.160 e. The molecule has 1 aliphatic heterocycles. The van der Waals surface area contributed by atoms with E-state index in [2.05, 4.69) is 198 Å². The second kappa shape index (κ2) is 13.9. The number of aromatic nitrogens is 3. The highest BCUT2D eigenvalue weighted by atomic mass is 15.2. The molecule has 12 rings (SSSR count). The normalized spacial score (nSPS) is 14.4. The summed E-state index contributed by atoms with van der Waals surface area (Å²) in [7, 11) is 0. The molecule has 4 heteroatoms. The second-order valence-corrected chi connectivity index (χ2v) is 15.7. The lowest BCUT2D eigenvalue weighted by atomic mass is 9.90. The fraction of sp³-hybridized carbons (Fsp3) is 0.0357. The van der Waals surface area contributed by atoms with Gasteiger partial charge >= 0.3 is 0 Å². The van der Waals surface area contributed by atoms with Crippen LogP contribution in [0, 0.1) is 0 Å². The Balaban J connectivity index is 0.923. The van der Waals surface area contributed by atoms with Crippen molar-refractivity contribution in [2.24, 2.45) is 0 Å². The largest absolute Gasteiger partial charge is 0.313 e. The van der Waals surface area contributed by atoms with Crippen molar-refractivity contribution in [3.8, 4) is 50.7 Å². The molecule has 2 aromatic heterocycles. The molecule has 10 aromatic rings. The van der Waals surface area contributed by atoms with Gasteiger partial charge in [-0.2, -0.15) is 0 Å². The average molecular weight is 767 g/mol. The van der Waals surface area contributed by atoms with Crippen molar-refractivity contribution < 1.29 is 0 Å². The lowest BCUT2D eigenvalue weighted by Gasteiger charge is -2.24. The topological polar surface area (TPSA) is 34.0 Å². The average Bonchev–Trinajstić information content (AvgIpc) is 3.84. The van der Waals surface area contributed by atoms with Crippen LogP contribution in [0.15, 0.2) is 218 Å². The summed E-state index contributed by atoms with van der Waals surface area (Å²) in [5, 5.41) is 5.01. The lowest BCUT2D eigenvalue weighted by molar-refractivity contribution is 0.820. The molecule has 0 N–H and O–H groups in total. The third kappa shape index (κ3) is 5.60. The molecule has 0 fully saturated rings. The van der Waals surface area contributed by atoms with Crippen molar-refractivity contribution in [2.75, 3.05) is 4.90 Å². The Morgan fingerprint density at radius 2 is 1.08 bits per heavy atom. The minimum absolute atomic E-state index is 0.283. The summed E-state index contributed by atoms with van der Waals surface area (Å²) in [5.74, 6) is 1.00. The fourth-order valence-electron chi connectivity index (χ4n) is 9.44. The van der Waals surface area contributed by atoms with E-state index >= 15 is 0 Å². The summed E-state index contributed by atoms with van der Waals surface area (Å²) in [6.07, 6.45) is 7.77. The minimum atomic E-state index is 0.283. The van der Waals surface area contributed by atoms with E-state index < -0.39 is 0 Å². The highest BCUT2D eigenvalue weighted by molar-refractivity contribution is 6.11. The Hall–Kier alpha value is -7.82. The van der Waals surface area contributed by atoms with Gasteiger partial charge < -0.3 is 9.47 Å². The zero-order valence-electron chi connectivity index (χ0n) is 32.8. The number of anilines is 2. The van der Waals surface area contributed by atoms with Crippen LogP contribution in [-0.4, -0.2) is 14.5 Å². The predicted molar refractivity (Wildman–Crippen MR) is 249 cm³/mol. The molecule has 1 aliphatic carbocycles. The van der Waals surface area contributed by atoms with E-state index in [1.54, 1.807) is 0 Å². The fourth-order valence-corrected chi connectivity index (χ4v) is 9.44. The number of allylic oxidation sites excluding steroid dienone is 4. The van der Waals surface area contributed by atoms with Gasteiger partial charge in [-0.1, -0.05) is 152 Å². The first-order valence-corrected chi connectivity index (χ1v) is 20.7. The Kier molecular flexibility index (Phi) is 7.95. The highest BCUT2D eigenvalue weighted by Gasteiger charge is 2.35. The molecule has 0 amide bonds. The lowest BCUT2D eigenvalue weighted by Crippen LogP contribution is -2.14. The van der Waals surface area contributed by atoms with E-state index in [9.17, 15) is 0 Å². The molecule has 4 nitrogen and oxygen atoms in total. The third-order valence-electron chi connectivity index (χ3n) is 12.3. The standard InChI is InChI=1S/C56H38N4/c1-3-15-38(16-4-1)49-36-50(58-56(57-49)40-17-5-2-6-18-40)39-26-30-43(31-27-39)59-52-23-11-9-21-45(52)47-34-41(28-32-54(47)59)42-29-33-55-48(35-42)46-22-10-12-24-53(46)60(55)51-25-13-19-37-14-7-8-20-44(37)51/h1-20,22-36,45H,21H2. The molecular formula is C56H38N4. The van der Waals surface area contributed by atoms with E-state index in [0.29, 0.717) is 0 Å². The van der Waals surface area contributed by atoms with E-state index in [1.165, 1.54) is 66.3 Å². The molecule has 0 saturated carbocycles. The van der Waals surface area contributed by atoms with Crippen LogP contribution in [0.2, 0.25) is 0 Å². The first-order valence-electron chi connectivity index (χ1n) is 20.7. The first-order chi connectivity index (χ1) is 29.7. The molecular weight excluding hydrogens is 729 g/mol. The van der Waals surface area contributed by atoms with Crippen LogP contribution in [0.25, 0.3) is 83.3 Å². The van der Waals surface area contributed by atoms with Crippen molar-refractivity contribution >= 4 is 44.0 Å². The van der Waals surface area contributed by atoms with Gasteiger partial charge in [-0.25, -0.2) is 9.97 Å². The number of para-hydroxylation sites is 1. The Bertz CT molecular complexity index is 3280. The van der Waals surface area contributed by atoms with E-state index in [1.807, 2.05) is 24.3 Å². The summed E-state index contributed by atoms with van der Waals surface area (Å²) in [6, 6.07) is 69.7. The van der Waals surface area contributed by atoms with Gasteiger partial charge in [-0.05, 0) is 89.2 Å². The van der Waals surface area contributed by atoms with Crippen LogP contribution < -0.4 is 4.90 Å². The molecule has 8 aromatic carbocycles. The van der Waals surface area contributed by atoms with Crippen LogP contribution in [0.3, 0.4) is 0 Å². The molecule has 0 bridgehead atoms. The number of nitrogens with zero attached hydrogens (tertiary/aromatic N) is 4. The van der Waals surface area contributed by atoms with Crippen molar-refractivity contribution in [3.05, 3.63) is 224 Å². The number of benzene rings is 8. The third-order valence-corrected chi connectivity index (χ3v) is 12.3. The number of hydrogen-bond acceptors (Lipinski definition) is 3. The van der Waals surface area contributed by atoms with E-state index in [-0.39, 0.29) is 5.92 Å². The monoisotopic (exact) mass is 766 g/mol. The summed E-state index contributed by atoms with van der Waals surface area (Å²) >= 11 is 0. The van der Waals surface area contributed by atoms with Crippen LogP contribution in [0.5, 0.6) is 0 Å². The Morgan fingerprint density at radius 3 is 1.90 bits per heavy atom. The molecule has 1 atom stereocenters. The maximum absolute atomic E-state index is 5.08. The molecule has 0 saturated heterocycles. The zero-order valence-corrected chi connectivity index (χ0v) is 32.8. The maximum atomic E-state index is 5.08. The van der Waals surface area contributed by atoms with Gasteiger partial charge in [-0.3, -0.25) is 0 Å². The Labute approximate surface area is 348 Å². The summed E-state index contributed by atoms with van der Waals surface area (Å²) < 4.78 is 2.43. The highest BCUT2D eigenvalue weighted by Crippen LogP contribution is 2.52. The summed E-state index contributed by atoms with van der Waals surface area (Å²) in [4.78, 5) is 12.5. The molecule has 60 heavy (non-hydrogen) atoms. The number of fused-ring (bicyclic) bond motifs is 7. The van der Waals surface area contributed by atoms with Gasteiger partial charge in [0.2, 0.25) is 0 Å². The van der Waals surface area contributed by atoms with Crippen LogP contribution in [0.4, 0.5) is 11.4 Å². The van der Waals surface area contributed by atoms with E-state index in [0.717, 1.165) is 46.0 Å². The van der Waals surface area contributed by atoms with Crippen molar-refractivity contribution in [1.29, 1.82) is 0 Å². The van der Waals surface area contributed by atoms with Crippen LogP contribution in [0.1, 0.15) is 17.9 Å². The molecule has 3 heterocycles. The SMILES string of the molecule is C1=CCC2C(=C1)N(c1ccc(-c3cc(-c4ccccc4)nc(-c4ccccc4)n3)cc1)c1ccc(-c3ccc4c(c3)c3ccccc3n4-c3cccc4ccccc34)cc12. The van der Waals surface area contributed by atoms with Crippen LogP contribution in [-0.2, 0) is 0 Å². The zero-order chi connectivity index (χ0) is 39.6. The van der Waals surface area contributed by atoms with Gasteiger partial charge in [0.15, 0.2) is 5.82 Å². The molecule has 2 aliphatic rings. The Morgan fingerprint density at radius 1 is 0.450 bits per heavy atom. The molecule has 282 valence electrons. The summed E-state index contributed by atoms with van der Waals surface area (Å²) in [5.41, 5.74) is 16.1. The van der Waals surface area contributed by atoms with Gasteiger partial charge in [0.05, 0.1) is 28.1 Å². The van der Waals surface area contributed by atoms with Crippen molar-refractivity contribution in [3.63, 3.8) is 0 Å². The van der Waals surface area contributed by atoms with Gasteiger partial charge in [0.25, 0.3) is 0 Å². The van der Waals surface area contributed by atoms with Gasteiger partial charge in [-0.15, -0.1) is 0 Å². The van der Waals surface area contributed by atoms with Crippen molar-refractivity contribution in [2.45, 2.75) is 12.3 Å². The predicted octanol–water partition coefficient (Wildman–Crippen LogP) is 14.5. The minimum Gasteiger partial charge on any atom is -0.313 e. The van der Waals surface area contributed by atoms with Crippen molar-refractivity contribution in [1.82, 2.24) is 14.5 Å². The van der Waals surface area contributed by atoms with E-state index in [4.69, 9.17) is 9.97 Å². The van der Waals surface area contributed by atoms with Crippen LogP contribution >= 0.6 is 0 Å². The van der Waals surface area contributed by atoms with Gasteiger partial charge in [0, 0.05) is 55.8 Å². The second-order valence-electron chi connectivity index (χ2n) is 15.7. The quantitative estimate of drug-likeness (QED) is 0.169. The maximum Gasteiger partial charge on any atom is 0.160 e. The number of hydrogen-bond donors (Lipinski definition) is 0. The number of rotatable bonds is 6. The molecule has 0 spiro atoms. The molecule has 1 unspecified atom stereocenters. The molecule has 0 radical (unpaired) electrons.